The summed E-state index contributed by atoms with van der Waals surface area (Å²) in [5, 5.41) is 20.1. The summed E-state index contributed by atoms with van der Waals surface area (Å²) in [6.45, 7) is 0. The van der Waals surface area contributed by atoms with Crippen LogP contribution in [0, 0.1) is 10.1 Å². The molecule has 0 bridgehead atoms. The van der Waals surface area contributed by atoms with Gasteiger partial charge < -0.3 is 5.11 Å². The predicted molar refractivity (Wildman–Crippen MR) is 75.6 cm³/mol. The molecule has 0 amide bonds. The molecule has 2 aromatic carbocycles. The molecule has 7 heteroatoms. The maximum absolute atomic E-state index is 11.1. The minimum atomic E-state index is -1.05. The van der Waals surface area contributed by atoms with Crippen LogP contribution in [0.1, 0.15) is 10.4 Å². The Bertz CT molecular complexity index is 673. The molecule has 0 aliphatic heterocycles. The summed E-state index contributed by atoms with van der Waals surface area (Å²) in [6, 6.07) is 10.4. The van der Waals surface area contributed by atoms with Gasteiger partial charge in [-0.25, -0.2) is 4.79 Å². The van der Waals surface area contributed by atoms with E-state index in [-0.39, 0.29) is 11.3 Å². The molecule has 0 spiro atoms. The number of nitro groups is 1. The van der Waals surface area contributed by atoms with Gasteiger partial charge in [0.15, 0.2) is 0 Å². The molecular formula is C13H8ClNO4S. The smallest absolute Gasteiger partial charge is 0.336 e. The Labute approximate surface area is 123 Å². The number of halogens is 1. The first kappa shape index (κ1) is 14.4. The molecule has 0 saturated heterocycles. The summed E-state index contributed by atoms with van der Waals surface area (Å²) in [6.07, 6.45) is 0. The number of non-ortho nitro benzene ring substituents is 1. The van der Waals surface area contributed by atoms with Crippen LogP contribution in [0.15, 0.2) is 52.3 Å². The fraction of sp³-hybridized carbons (Fsp3) is 0. The molecular weight excluding hydrogens is 302 g/mol. The highest BCUT2D eigenvalue weighted by Crippen LogP contribution is 2.33. The zero-order valence-electron chi connectivity index (χ0n) is 9.95. The fourth-order valence-electron chi connectivity index (χ4n) is 1.52. The van der Waals surface area contributed by atoms with Crippen LogP contribution in [0.5, 0.6) is 0 Å². The first-order chi connectivity index (χ1) is 9.47. The summed E-state index contributed by atoms with van der Waals surface area (Å²) in [5.41, 5.74) is 0.122. The van der Waals surface area contributed by atoms with Crippen molar-refractivity contribution in [1.29, 1.82) is 0 Å². The summed E-state index contributed by atoms with van der Waals surface area (Å²) in [5.74, 6) is -1.05. The monoisotopic (exact) mass is 309 g/mol. The molecule has 0 saturated carbocycles. The second-order valence-corrected chi connectivity index (χ2v) is 5.35. The number of rotatable bonds is 4. The lowest BCUT2D eigenvalue weighted by Crippen LogP contribution is -1.98. The molecule has 0 unspecified atom stereocenters. The first-order valence-corrected chi connectivity index (χ1v) is 6.62. The number of benzene rings is 2. The minimum Gasteiger partial charge on any atom is -0.478 e. The van der Waals surface area contributed by atoms with Crippen molar-refractivity contribution in [1.82, 2.24) is 0 Å². The number of nitro benzene ring substituents is 1. The van der Waals surface area contributed by atoms with Crippen molar-refractivity contribution in [3.8, 4) is 0 Å². The largest absolute Gasteiger partial charge is 0.478 e. The number of hydrogen-bond acceptors (Lipinski definition) is 4. The molecule has 20 heavy (non-hydrogen) atoms. The molecule has 1 N–H and O–H groups in total. The minimum absolute atomic E-state index is 0.0149. The van der Waals surface area contributed by atoms with Gasteiger partial charge in [-0.2, -0.15) is 0 Å². The van der Waals surface area contributed by atoms with Gasteiger partial charge in [0, 0.05) is 26.9 Å². The van der Waals surface area contributed by atoms with Crippen molar-refractivity contribution >= 4 is 35.0 Å². The van der Waals surface area contributed by atoms with E-state index in [1.54, 1.807) is 18.2 Å². The summed E-state index contributed by atoms with van der Waals surface area (Å²) in [4.78, 5) is 22.4. The van der Waals surface area contributed by atoms with Crippen LogP contribution in [-0.4, -0.2) is 16.0 Å². The van der Waals surface area contributed by atoms with Crippen LogP contribution in [0.25, 0.3) is 0 Å². The second-order valence-electron chi connectivity index (χ2n) is 3.80. The molecule has 2 aromatic rings. The Morgan fingerprint density at radius 2 is 1.85 bits per heavy atom. The first-order valence-electron chi connectivity index (χ1n) is 5.42. The number of carboxylic acids is 1. The van der Waals surface area contributed by atoms with Gasteiger partial charge in [-0.1, -0.05) is 23.4 Å². The number of hydrogen-bond donors (Lipinski definition) is 1. The second kappa shape index (κ2) is 5.94. The van der Waals surface area contributed by atoms with Crippen molar-refractivity contribution in [3.05, 3.63) is 63.2 Å². The van der Waals surface area contributed by atoms with Crippen LogP contribution in [-0.2, 0) is 0 Å². The van der Waals surface area contributed by atoms with Gasteiger partial charge in [-0.05, 0) is 30.3 Å². The van der Waals surface area contributed by atoms with Crippen LogP contribution >= 0.6 is 23.4 Å². The molecule has 0 aromatic heterocycles. The van der Waals surface area contributed by atoms with Crippen LogP contribution in [0.3, 0.4) is 0 Å². The lowest BCUT2D eigenvalue weighted by Gasteiger charge is -2.06. The van der Waals surface area contributed by atoms with Gasteiger partial charge in [0.1, 0.15) is 0 Å². The highest BCUT2D eigenvalue weighted by Gasteiger charge is 2.12. The highest BCUT2D eigenvalue weighted by molar-refractivity contribution is 7.99. The third kappa shape index (κ3) is 3.28. The van der Waals surface area contributed by atoms with E-state index in [2.05, 4.69) is 0 Å². The van der Waals surface area contributed by atoms with E-state index in [1.807, 2.05) is 0 Å². The van der Waals surface area contributed by atoms with E-state index >= 15 is 0 Å². The quantitative estimate of drug-likeness (QED) is 0.679. The van der Waals surface area contributed by atoms with Gasteiger partial charge in [0.05, 0.1) is 10.5 Å². The number of carbonyl (C=O) groups is 1. The third-order valence-electron chi connectivity index (χ3n) is 2.45. The molecule has 102 valence electrons. The fourth-order valence-corrected chi connectivity index (χ4v) is 2.73. The van der Waals surface area contributed by atoms with Crippen LogP contribution in [0.4, 0.5) is 5.69 Å². The lowest BCUT2D eigenvalue weighted by atomic mass is 10.2. The molecule has 5 nitrogen and oxygen atoms in total. The Morgan fingerprint density at radius 1 is 1.20 bits per heavy atom. The maximum atomic E-state index is 11.1. The topological polar surface area (TPSA) is 80.4 Å². The maximum Gasteiger partial charge on any atom is 0.336 e. The zero-order valence-corrected chi connectivity index (χ0v) is 11.5. The molecule has 0 aliphatic carbocycles. The van der Waals surface area contributed by atoms with E-state index < -0.39 is 10.9 Å². The van der Waals surface area contributed by atoms with Gasteiger partial charge in [0.2, 0.25) is 0 Å². The van der Waals surface area contributed by atoms with Crippen molar-refractivity contribution in [2.45, 2.75) is 9.79 Å². The summed E-state index contributed by atoms with van der Waals surface area (Å²) in [7, 11) is 0. The molecule has 2 rings (SSSR count). The summed E-state index contributed by atoms with van der Waals surface area (Å²) >= 11 is 7.05. The lowest BCUT2D eigenvalue weighted by molar-refractivity contribution is -0.384. The van der Waals surface area contributed by atoms with Crippen molar-refractivity contribution in [2.75, 3.05) is 0 Å². The normalized spacial score (nSPS) is 10.2. The standard InChI is InChI=1S/C13H8ClNO4S/c14-8-1-6-11(13(16)17)12(7-8)20-10-4-2-9(3-5-10)15(18)19/h1-7H,(H,16,17). The van der Waals surface area contributed by atoms with Crippen LogP contribution < -0.4 is 0 Å². The Hall–Kier alpha value is -2.05. The number of aromatic carboxylic acids is 1. The van der Waals surface area contributed by atoms with Gasteiger partial charge in [-0.3, -0.25) is 10.1 Å². The summed E-state index contributed by atoms with van der Waals surface area (Å²) < 4.78 is 0. The van der Waals surface area contributed by atoms with E-state index in [4.69, 9.17) is 16.7 Å². The van der Waals surface area contributed by atoms with E-state index in [9.17, 15) is 14.9 Å². The number of nitrogens with zero attached hydrogens (tertiary/aromatic N) is 1. The van der Waals surface area contributed by atoms with E-state index in [0.717, 1.165) is 0 Å². The van der Waals surface area contributed by atoms with Crippen molar-refractivity contribution in [2.24, 2.45) is 0 Å². The third-order valence-corrected chi connectivity index (χ3v) is 3.75. The Kier molecular flexibility index (Phi) is 4.26. The van der Waals surface area contributed by atoms with E-state index in [0.29, 0.717) is 14.8 Å². The molecule has 0 fully saturated rings. The average molecular weight is 310 g/mol. The number of carboxylic acid groups (broad SMARTS) is 1. The molecule has 0 radical (unpaired) electrons. The predicted octanol–water partition coefficient (Wildman–Crippen LogP) is 4.10. The van der Waals surface area contributed by atoms with Gasteiger partial charge >= 0.3 is 5.97 Å². The van der Waals surface area contributed by atoms with Crippen molar-refractivity contribution in [3.63, 3.8) is 0 Å². The van der Waals surface area contributed by atoms with E-state index in [1.165, 1.54) is 36.0 Å². The van der Waals surface area contributed by atoms with Crippen LogP contribution in [0.2, 0.25) is 5.02 Å². The van der Waals surface area contributed by atoms with Gasteiger partial charge in [-0.15, -0.1) is 0 Å². The SMILES string of the molecule is O=C(O)c1ccc(Cl)cc1Sc1ccc([N+](=O)[O-])cc1. The average Bonchev–Trinajstić information content (AvgIpc) is 2.39. The highest BCUT2D eigenvalue weighted by atomic mass is 35.5. The molecule has 0 aliphatic rings. The zero-order chi connectivity index (χ0) is 14.7. The molecule has 0 heterocycles. The Balaban J connectivity index is 2.31. The molecule has 0 atom stereocenters. The van der Waals surface area contributed by atoms with Gasteiger partial charge in [0.25, 0.3) is 5.69 Å². The van der Waals surface area contributed by atoms with Crippen molar-refractivity contribution < 1.29 is 14.8 Å². The Morgan fingerprint density at radius 3 is 2.40 bits per heavy atom.